The number of rotatable bonds is 0. The van der Waals surface area contributed by atoms with Gasteiger partial charge in [-0.05, 0) is 0 Å². The first-order chi connectivity index (χ1) is 1.73. The van der Waals surface area contributed by atoms with E-state index in [4.69, 9.17) is 10.2 Å². The van der Waals surface area contributed by atoms with Crippen LogP contribution in [-0.4, -0.2) is 48.8 Å². The summed E-state index contributed by atoms with van der Waals surface area (Å²) in [6.07, 6.45) is 0. The van der Waals surface area contributed by atoms with E-state index in [0.717, 1.165) is 0 Å². The van der Waals surface area contributed by atoms with Gasteiger partial charge in [0.15, 0.2) is 0 Å². The topological polar surface area (TPSA) is 69.2 Å². The maximum atomic E-state index is 8.60. The molecule has 0 atom stereocenters. The molecule has 0 aromatic carbocycles. The Kier molecular flexibility index (Phi) is 11.0. The summed E-state index contributed by atoms with van der Waals surface area (Å²) >= 11 is -4.20. The SMILES string of the molecule is [O-][Sb]([O-])[O-].[PbH+3]. The Balaban J connectivity index is 0. The van der Waals surface area contributed by atoms with Crippen molar-refractivity contribution in [2.75, 3.05) is 0 Å². The van der Waals surface area contributed by atoms with Gasteiger partial charge < -0.3 is 0 Å². The second kappa shape index (κ2) is 5.62. The Hall–Kier alpha value is 1.62. The number of hydrogen-bond acceptors (Lipinski definition) is 3. The van der Waals surface area contributed by atoms with Crippen LogP contribution < -0.4 is 10.2 Å². The summed E-state index contributed by atoms with van der Waals surface area (Å²) in [5.74, 6) is 0. The third kappa shape index (κ3) is 28.1. The summed E-state index contributed by atoms with van der Waals surface area (Å²) in [5.41, 5.74) is 0. The van der Waals surface area contributed by atoms with Gasteiger partial charge in [-0.1, -0.05) is 0 Å². The van der Waals surface area contributed by atoms with Crippen LogP contribution in [0.4, 0.5) is 0 Å². The molecule has 0 fully saturated rings. The zero-order valence-electron chi connectivity index (χ0n) is 2.25. The van der Waals surface area contributed by atoms with Crippen molar-refractivity contribution in [2.45, 2.75) is 0 Å². The molecule has 0 aliphatic rings. The minimum atomic E-state index is -4.20. The van der Waals surface area contributed by atoms with Gasteiger partial charge in [0, 0.05) is 0 Å². The molecular weight excluding hydrogens is 377 g/mol. The molecule has 0 heterocycles. The van der Waals surface area contributed by atoms with E-state index in [1.165, 1.54) is 0 Å². The summed E-state index contributed by atoms with van der Waals surface area (Å²) in [4.78, 5) is 0. The van der Waals surface area contributed by atoms with Gasteiger partial charge in [-0.25, -0.2) is 0 Å². The second-order valence-corrected chi connectivity index (χ2v) is 1.50. The summed E-state index contributed by atoms with van der Waals surface area (Å²) in [6, 6.07) is 0. The molecule has 0 unspecified atom stereocenters. The Morgan fingerprint density at radius 1 is 1.00 bits per heavy atom. The Labute approximate surface area is 58.4 Å². The molecule has 0 aliphatic carbocycles. The molecular formula is HO3PbSb. The predicted octanol–water partition coefficient (Wildman–Crippen LogP) is -4.60. The molecule has 0 amide bonds. The Morgan fingerprint density at radius 3 is 1.00 bits per heavy atom. The average Bonchev–Trinajstić information content (AvgIpc) is 0.811. The molecule has 0 N–H and O–H groups in total. The van der Waals surface area contributed by atoms with Crippen LogP contribution in [0.3, 0.4) is 0 Å². The zero-order valence-corrected chi connectivity index (χ0v) is 9.29. The van der Waals surface area contributed by atoms with Crippen LogP contribution in [0, 0.1) is 0 Å². The van der Waals surface area contributed by atoms with Gasteiger partial charge in [0.1, 0.15) is 0 Å². The maximum absolute atomic E-state index is 8.60. The fourth-order valence-corrected chi connectivity index (χ4v) is 0. The summed E-state index contributed by atoms with van der Waals surface area (Å²) in [7, 11) is 0. The first-order valence-corrected chi connectivity index (χ1v) is 3.67. The molecule has 0 aliphatic heterocycles. The minimum absolute atomic E-state index is 0. The predicted molar refractivity (Wildman–Crippen MR) is 12.9 cm³/mol. The van der Waals surface area contributed by atoms with Crippen molar-refractivity contribution >= 4 is 48.8 Å². The van der Waals surface area contributed by atoms with Crippen molar-refractivity contribution in [3.8, 4) is 0 Å². The molecule has 5 heteroatoms. The summed E-state index contributed by atoms with van der Waals surface area (Å²) in [5, 5.41) is 0. The van der Waals surface area contributed by atoms with Crippen LogP contribution in [0.25, 0.3) is 0 Å². The molecule has 0 aromatic heterocycles. The van der Waals surface area contributed by atoms with Crippen molar-refractivity contribution in [3.63, 3.8) is 0 Å². The third-order valence-electron chi connectivity index (χ3n) is 0. The molecule has 0 spiro atoms. The van der Waals surface area contributed by atoms with E-state index in [0.29, 0.717) is 0 Å². The van der Waals surface area contributed by atoms with Gasteiger partial charge in [0.25, 0.3) is 0 Å². The second-order valence-electron chi connectivity index (χ2n) is 0.224. The molecule has 0 saturated heterocycles. The van der Waals surface area contributed by atoms with Crippen molar-refractivity contribution in [1.82, 2.24) is 0 Å². The van der Waals surface area contributed by atoms with Crippen molar-refractivity contribution < 1.29 is 10.2 Å². The van der Waals surface area contributed by atoms with Crippen LogP contribution in [0.2, 0.25) is 0 Å². The van der Waals surface area contributed by atoms with Gasteiger partial charge in [0.05, 0.1) is 0 Å². The molecule has 3 nitrogen and oxygen atoms in total. The fraction of sp³-hybridized carbons (Fsp3) is 0. The molecule has 5 heavy (non-hydrogen) atoms. The van der Waals surface area contributed by atoms with Crippen molar-refractivity contribution in [2.24, 2.45) is 0 Å². The monoisotopic (exact) mass is 378 g/mol. The van der Waals surface area contributed by atoms with Crippen LogP contribution in [-0.2, 0) is 0 Å². The Bertz CT molecular complexity index is 11.6. The quantitative estimate of drug-likeness (QED) is 0.399. The van der Waals surface area contributed by atoms with Crippen LogP contribution in [0.15, 0.2) is 0 Å². The van der Waals surface area contributed by atoms with Crippen LogP contribution in [0.5, 0.6) is 0 Å². The van der Waals surface area contributed by atoms with E-state index < -0.39 is 21.5 Å². The van der Waals surface area contributed by atoms with E-state index in [9.17, 15) is 0 Å². The normalized spacial score (nSPS) is 7.20. The van der Waals surface area contributed by atoms with Crippen LogP contribution in [0.1, 0.15) is 0 Å². The fourth-order valence-electron chi connectivity index (χ4n) is 0. The van der Waals surface area contributed by atoms with E-state index >= 15 is 0 Å². The van der Waals surface area contributed by atoms with Gasteiger partial charge in [-0.15, -0.1) is 0 Å². The molecule has 0 saturated carbocycles. The van der Waals surface area contributed by atoms with Crippen molar-refractivity contribution in [1.29, 1.82) is 0 Å². The standard InChI is InChI=1S/3O.Pb.Sb.H/q3*-1;+3;;. The number of hydrogen-bond donors (Lipinski definition) is 0. The molecule has 0 aromatic rings. The van der Waals surface area contributed by atoms with E-state index in [2.05, 4.69) is 0 Å². The van der Waals surface area contributed by atoms with Gasteiger partial charge in [-0.2, -0.15) is 0 Å². The first kappa shape index (κ1) is 9.80. The third-order valence-corrected chi connectivity index (χ3v) is 0. The summed E-state index contributed by atoms with van der Waals surface area (Å²) in [6.45, 7) is 0. The van der Waals surface area contributed by atoms with E-state index in [1.54, 1.807) is 0 Å². The molecule has 0 radical (unpaired) electrons. The van der Waals surface area contributed by atoms with Gasteiger partial charge in [-0.3, -0.25) is 0 Å². The van der Waals surface area contributed by atoms with Crippen molar-refractivity contribution in [3.05, 3.63) is 0 Å². The van der Waals surface area contributed by atoms with Gasteiger partial charge in [0.2, 0.25) is 0 Å². The van der Waals surface area contributed by atoms with E-state index in [-0.39, 0.29) is 27.3 Å². The first-order valence-electron chi connectivity index (χ1n) is 0.548. The van der Waals surface area contributed by atoms with Crippen LogP contribution >= 0.6 is 0 Å². The average molecular weight is 378 g/mol. The summed E-state index contributed by atoms with van der Waals surface area (Å²) < 4.78 is 25.8. The molecule has 0 bridgehead atoms. The molecule has 28 valence electrons. The molecule has 0 rings (SSSR count). The Morgan fingerprint density at radius 2 is 1.00 bits per heavy atom. The zero-order chi connectivity index (χ0) is 3.58. The van der Waals surface area contributed by atoms with E-state index in [1.807, 2.05) is 0 Å². The van der Waals surface area contributed by atoms with Gasteiger partial charge >= 0.3 is 58.9 Å².